The summed E-state index contributed by atoms with van der Waals surface area (Å²) in [5.41, 5.74) is 6.19. The van der Waals surface area contributed by atoms with Gasteiger partial charge in [-0.3, -0.25) is 0 Å². The van der Waals surface area contributed by atoms with E-state index in [1.807, 2.05) is 0 Å². The molecule has 4 heteroatoms. The minimum Gasteiger partial charge on any atom is -0.399 e. The highest BCUT2D eigenvalue weighted by atomic mass is 32.2. The number of nitrogen functional groups attached to an aromatic ring is 1. The highest BCUT2D eigenvalue weighted by molar-refractivity contribution is 7.92. The molecular formula is C14H21NO2S. The molecule has 1 aromatic carbocycles. The van der Waals surface area contributed by atoms with Gasteiger partial charge in [-0.05, 0) is 55.4 Å². The van der Waals surface area contributed by atoms with E-state index in [-0.39, 0.29) is 5.25 Å². The zero-order valence-electron chi connectivity index (χ0n) is 11.0. The first kappa shape index (κ1) is 13.4. The van der Waals surface area contributed by atoms with Crippen molar-refractivity contribution in [3.8, 4) is 0 Å². The van der Waals surface area contributed by atoms with Gasteiger partial charge in [-0.25, -0.2) is 8.42 Å². The van der Waals surface area contributed by atoms with Crippen LogP contribution < -0.4 is 5.73 Å². The van der Waals surface area contributed by atoms with Crippen LogP contribution in [0.5, 0.6) is 0 Å². The Kier molecular flexibility index (Phi) is 3.66. The van der Waals surface area contributed by atoms with Crippen molar-refractivity contribution in [3.63, 3.8) is 0 Å². The maximum atomic E-state index is 12.5. The molecule has 2 rings (SSSR count). The molecular weight excluding hydrogens is 246 g/mol. The fourth-order valence-corrected chi connectivity index (χ4v) is 4.53. The van der Waals surface area contributed by atoms with Gasteiger partial charge in [0.05, 0.1) is 10.1 Å². The van der Waals surface area contributed by atoms with Gasteiger partial charge < -0.3 is 5.73 Å². The molecule has 2 N–H and O–H groups in total. The number of hydrogen-bond donors (Lipinski definition) is 1. The molecule has 3 nitrogen and oxygen atoms in total. The number of sulfone groups is 1. The van der Waals surface area contributed by atoms with Crippen LogP contribution in [-0.4, -0.2) is 13.7 Å². The first-order valence-corrected chi connectivity index (χ1v) is 8.05. The Morgan fingerprint density at radius 2 is 1.67 bits per heavy atom. The van der Waals surface area contributed by atoms with E-state index in [0.717, 1.165) is 19.3 Å². The molecule has 1 aliphatic carbocycles. The molecule has 0 bridgehead atoms. The highest BCUT2D eigenvalue weighted by Crippen LogP contribution is 2.35. The Labute approximate surface area is 109 Å². The SMILES string of the molecule is CC1CCC(S(=O)(=O)c2ccc(N)cc2)CC1C. The topological polar surface area (TPSA) is 60.2 Å². The molecule has 0 heterocycles. The van der Waals surface area contributed by atoms with Crippen molar-refractivity contribution in [2.24, 2.45) is 11.8 Å². The van der Waals surface area contributed by atoms with Crippen LogP contribution in [0.1, 0.15) is 33.1 Å². The molecule has 1 aromatic rings. The molecule has 3 unspecified atom stereocenters. The first-order chi connectivity index (χ1) is 8.41. The average Bonchev–Trinajstić information content (AvgIpc) is 2.33. The predicted molar refractivity (Wildman–Crippen MR) is 74.0 cm³/mol. The largest absolute Gasteiger partial charge is 0.399 e. The lowest BCUT2D eigenvalue weighted by atomic mass is 9.81. The fraction of sp³-hybridized carbons (Fsp3) is 0.571. The summed E-state index contributed by atoms with van der Waals surface area (Å²) in [7, 11) is -3.19. The number of benzene rings is 1. The second-order valence-corrected chi connectivity index (χ2v) is 7.73. The van der Waals surface area contributed by atoms with E-state index < -0.39 is 9.84 Å². The minimum absolute atomic E-state index is 0.229. The fourth-order valence-electron chi connectivity index (χ4n) is 2.63. The Morgan fingerprint density at radius 1 is 1.06 bits per heavy atom. The summed E-state index contributed by atoms with van der Waals surface area (Å²) in [5, 5.41) is -0.229. The molecule has 0 saturated heterocycles. The molecule has 1 fully saturated rings. The molecule has 0 amide bonds. The highest BCUT2D eigenvalue weighted by Gasteiger charge is 2.34. The number of hydrogen-bond acceptors (Lipinski definition) is 3. The number of anilines is 1. The lowest BCUT2D eigenvalue weighted by molar-refractivity contribution is 0.278. The minimum atomic E-state index is -3.19. The number of nitrogens with two attached hydrogens (primary N) is 1. The molecule has 100 valence electrons. The van der Waals surface area contributed by atoms with Gasteiger partial charge in [0.2, 0.25) is 0 Å². The van der Waals surface area contributed by atoms with Crippen LogP contribution in [0, 0.1) is 11.8 Å². The summed E-state index contributed by atoms with van der Waals surface area (Å²) in [6, 6.07) is 6.55. The average molecular weight is 267 g/mol. The monoisotopic (exact) mass is 267 g/mol. The summed E-state index contributed by atoms with van der Waals surface area (Å²) in [5.74, 6) is 1.11. The second-order valence-electron chi connectivity index (χ2n) is 5.50. The van der Waals surface area contributed by atoms with E-state index in [1.54, 1.807) is 24.3 Å². The van der Waals surface area contributed by atoms with Crippen molar-refractivity contribution in [3.05, 3.63) is 24.3 Å². The summed E-state index contributed by atoms with van der Waals surface area (Å²) < 4.78 is 25.0. The zero-order chi connectivity index (χ0) is 13.3. The predicted octanol–water partition coefficient (Wildman–Crippen LogP) is 2.87. The quantitative estimate of drug-likeness (QED) is 0.838. The van der Waals surface area contributed by atoms with E-state index in [0.29, 0.717) is 22.4 Å². The Morgan fingerprint density at radius 3 is 2.22 bits per heavy atom. The van der Waals surface area contributed by atoms with Crippen LogP contribution in [0.2, 0.25) is 0 Å². The van der Waals surface area contributed by atoms with Crippen molar-refractivity contribution in [2.75, 3.05) is 5.73 Å². The second kappa shape index (κ2) is 4.92. The van der Waals surface area contributed by atoms with Crippen LogP contribution in [0.25, 0.3) is 0 Å². The maximum Gasteiger partial charge on any atom is 0.181 e. The van der Waals surface area contributed by atoms with Crippen LogP contribution in [0.4, 0.5) is 5.69 Å². The summed E-state index contributed by atoms with van der Waals surface area (Å²) in [6.07, 6.45) is 2.55. The van der Waals surface area contributed by atoms with E-state index in [9.17, 15) is 8.42 Å². The Balaban J connectivity index is 2.24. The van der Waals surface area contributed by atoms with Gasteiger partial charge in [-0.15, -0.1) is 0 Å². The third kappa shape index (κ3) is 2.53. The number of rotatable bonds is 2. The van der Waals surface area contributed by atoms with Crippen molar-refractivity contribution >= 4 is 15.5 Å². The normalized spacial score (nSPS) is 29.1. The van der Waals surface area contributed by atoms with E-state index in [2.05, 4.69) is 13.8 Å². The molecule has 0 radical (unpaired) electrons. The summed E-state index contributed by atoms with van der Waals surface area (Å²) in [4.78, 5) is 0.406. The lowest BCUT2D eigenvalue weighted by Gasteiger charge is -2.31. The van der Waals surface area contributed by atoms with Crippen molar-refractivity contribution in [1.29, 1.82) is 0 Å². The Hall–Kier alpha value is -1.03. The van der Waals surface area contributed by atoms with Gasteiger partial charge >= 0.3 is 0 Å². The molecule has 0 spiro atoms. The van der Waals surface area contributed by atoms with Crippen LogP contribution in [-0.2, 0) is 9.84 Å². The van der Waals surface area contributed by atoms with Gasteiger partial charge in [0, 0.05) is 5.69 Å². The van der Waals surface area contributed by atoms with Crippen molar-refractivity contribution in [1.82, 2.24) is 0 Å². The van der Waals surface area contributed by atoms with Crippen LogP contribution in [0.15, 0.2) is 29.2 Å². The third-order valence-electron chi connectivity index (χ3n) is 4.20. The smallest absolute Gasteiger partial charge is 0.181 e. The first-order valence-electron chi connectivity index (χ1n) is 6.50. The molecule has 0 aromatic heterocycles. The van der Waals surface area contributed by atoms with E-state index in [1.165, 1.54) is 0 Å². The third-order valence-corrected chi connectivity index (χ3v) is 6.43. The summed E-state index contributed by atoms with van der Waals surface area (Å²) in [6.45, 7) is 4.35. The maximum absolute atomic E-state index is 12.5. The zero-order valence-corrected chi connectivity index (χ0v) is 11.8. The van der Waals surface area contributed by atoms with Gasteiger partial charge in [0.25, 0.3) is 0 Å². The van der Waals surface area contributed by atoms with Gasteiger partial charge in [0.1, 0.15) is 0 Å². The van der Waals surface area contributed by atoms with Crippen molar-refractivity contribution in [2.45, 2.75) is 43.3 Å². The van der Waals surface area contributed by atoms with Gasteiger partial charge in [-0.2, -0.15) is 0 Å². The molecule has 18 heavy (non-hydrogen) atoms. The molecule has 1 saturated carbocycles. The standard InChI is InChI=1S/C14H21NO2S/c1-10-3-6-14(9-11(10)2)18(16,17)13-7-4-12(15)5-8-13/h4-5,7-8,10-11,14H,3,6,9,15H2,1-2H3. The summed E-state index contributed by atoms with van der Waals surface area (Å²) >= 11 is 0. The van der Waals surface area contributed by atoms with Crippen molar-refractivity contribution < 1.29 is 8.42 Å². The van der Waals surface area contributed by atoms with Gasteiger partial charge in [0.15, 0.2) is 9.84 Å². The van der Waals surface area contributed by atoms with Crippen LogP contribution in [0.3, 0.4) is 0 Å². The van der Waals surface area contributed by atoms with Crippen LogP contribution >= 0.6 is 0 Å². The molecule has 0 aliphatic heterocycles. The van der Waals surface area contributed by atoms with Gasteiger partial charge in [-0.1, -0.05) is 13.8 Å². The molecule has 3 atom stereocenters. The Bertz CT molecular complexity index is 507. The van der Waals surface area contributed by atoms with E-state index in [4.69, 9.17) is 5.73 Å². The molecule has 1 aliphatic rings. The van der Waals surface area contributed by atoms with E-state index >= 15 is 0 Å². The lowest BCUT2D eigenvalue weighted by Crippen LogP contribution is -2.31.